The zero-order valence-corrected chi connectivity index (χ0v) is 9.33. The summed E-state index contributed by atoms with van der Waals surface area (Å²) in [5.41, 5.74) is 0.228. The van der Waals surface area contributed by atoms with Gasteiger partial charge in [-0.25, -0.2) is 0 Å². The molecule has 0 bridgehead atoms. The molecule has 0 heterocycles. The number of benzene rings is 3. The van der Waals surface area contributed by atoms with Gasteiger partial charge in [-0.2, -0.15) is 0 Å². The molecule has 0 saturated heterocycles. The number of hydrogen-bond acceptors (Lipinski definition) is 3. The van der Waals surface area contributed by atoms with Gasteiger partial charge in [0.1, 0.15) is 16.9 Å². The van der Waals surface area contributed by atoms with Crippen molar-refractivity contribution in [1.29, 1.82) is 5.39 Å². The minimum atomic E-state index is 0.00630. The van der Waals surface area contributed by atoms with Gasteiger partial charge in [-0.05, 0) is 6.07 Å². The molecule has 0 saturated carbocycles. The first-order chi connectivity index (χ1) is 8.74. The molecule has 3 rings (SSSR count). The Kier molecular flexibility index (Phi) is 2.07. The summed E-state index contributed by atoms with van der Waals surface area (Å²) in [7, 11) is 0. The van der Waals surface area contributed by atoms with Crippen LogP contribution in [-0.2, 0) is 0 Å². The van der Waals surface area contributed by atoms with Gasteiger partial charge in [0.2, 0.25) is 5.39 Å². The van der Waals surface area contributed by atoms with Gasteiger partial charge in [0.05, 0.1) is 0 Å². The summed E-state index contributed by atoms with van der Waals surface area (Å²) in [5, 5.41) is 31.3. The molecule has 4 nitrogen and oxygen atoms in total. The van der Waals surface area contributed by atoms with E-state index < -0.39 is 0 Å². The molecule has 0 fully saturated rings. The largest absolute Gasteiger partial charge is 0.507 e. The third-order valence-electron chi connectivity index (χ3n) is 3.08. The molecule has 0 unspecified atom stereocenters. The fourth-order valence-electron chi connectivity index (χ4n) is 2.25. The predicted octanol–water partition coefficient (Wildman–Crippen LogP) is 3.89. The standard InChI is InChI=1S/C14H8N2O2/c15-16-11-7-3-6-10-12(11)14(18)9-5-2-1-4-8(9)13(10)17/h1-7,15H/p+1. The van der Waals surface area contributed by atoms with E-state index in [-0.39, 0.29) is 17.2 Å². The van der Waals surface area contributed by atoms with Crippen LogP contribution in [0.4, 0.5) is 5.69 Å². The highest BCUT2D eigenvalue weighted by Crippen LogP contribution is 2.44. The highest BCUT2D eigenvalue weighted by molar-refractivity contribution is 6.14. The molecule has 0 aliphatic rings. The molecule has 4 heteroatoms. The van der Waals surface area contributed by atoms with Crippen LogP contribution in [0.15, 0.2) is 42.5 Å². The summed E-state index contributed by atoms with van der Waals surface area (Å²) in [4.78, 5) is 3.14. The van der Waals surface area contributed by atoms with Crippen LogP contribution < -0.4 is 0 Å². The first-order valence-corrected chi connectivity index (χ1v) is 5.44. The van der Waals surface area contributed by atoms with Gasteiger partial charge in [0, 0.05) is 22.2 Å². The van der Waals surface area contributed by atoms with E-state index in [9.17, 15) is 10.2 Å². The SMILES string of the molecule is N#[N+]c1cccc2c(O)c3ccccc3c(O)c12. The van der Waals surface area contributed by atoms with Crippen LogP contribution in [0.25, 0.3) is 26.5 Å². The minimum absolute atomic E-state index is 0.00630. The number of fused-ring (bicyclic) bond motifs is 2. The van der Waals surface area contributed by atoms with Crippen molar-refractivity contribution in [2.24, 2.45) is 0 Å². The summed E-state index contributed by atoms with van der Waals surface area (Å²) in [6, 6.07) is 11.9. The molecule has 0 atom stereocenters. The third-order valence-corrected chi connectivity index (χ3v) is 3.08. The molecule has 0 aliphatic heterocycles. The van der Waals surface area contributed by atoms with Crippen molar-refractivity contribution in [1.82, 2.24) is 0 Å². The van der Waals surface area contributed by atoms with Gasteiger partial charge in [-0.1, -0.05) is 30.3 Å². The molecule has 0 amide bonds. The molecule has 0 radical (unpaired) electrons. The van der Waals surface area contributed by atoms with E-state index in [1.165, 1.54) is 0 Å². The first-order valence-electron chi connectivity index (χ1n) is 5.44. The number of diazo groups is 1. The fraction of sp³-hybridized carbons (Fsp3) is 0. The van der Waals surface area contributed by atoms with Gasteiger partial charge < -0.3 is 10.2 Å². The maximum atomic E-state index is 10.3. The maximum absolute atomic E-state index is 10.3. The number of aromatic hydroxyl groups is 2. The van der Waals surface area contributed by atoms with Crippen molar-refractivity contribution in [2.45, 2.75) is 0 Å². The van der Waals surface area contributed by atoms with E-state index in [4.69, 9.17) is 5.39 Å². The average Bonchev–Trinajstić information content (AvgIpc) is 2.44. The first kappa shape index (κ1) is 10.4. The van der Waals surface area contributed by atoms with Crippen LogP contribution in [0.3, 0.4) is 0 Å². The predicted molar refractivity (Wildman–Crippen MR) is 69.5 cm³/mol. The van der Waals surface area contributed by atoms with E-state index in [1.54, 1.807) is 42.5 Å². The molecule has 0 spiro atoms. The Bertz CT molecular complexity index is 819. The summed E-state index contributed by atoms with van der Waals surface area (Å²) in [6.07, 6.45) is 0. The lowest BCUT2D eigenvalue weighted by Gasteiger charge is -2.07. The Hall–Kier alpha value is -2.80. The Balaban J connectivity index is 2.68. The Morgan fingerprint density at radius 3 is 2.06 bits per heavy atom. The maximum Gasteiger partial charge on any atom is 0.396 e. The monoisotopic (exact) mass is 237 g/mol. The zero-order valence-electron chi connectivity index (χ0n) is 9.33. The van der Waals surface area contributed by atoms with Crippen molar-refractivity contribution in [3.8, 4) is 11.5 Å². The van der Waals surface area contributed by atoms with Crippen LogP contribution in [-0.4, -0.2) is 10.2 Å². The number of phenolic OH excluding ortho intramolecular Hbond substituents is 2. The van der Waals surface area contributed by atoms with E-state index >= 15 is 0 Å². The molecule has 2 N–H and O–H groups in total. The Morgan fingerprint density at radius 1 is 0.778 bits per heavy atom. The second-order valence-corrected chi connectivity index (χ2v) is 4.04. The summed E-state index contributed by atoms with van der Waals surface area (Å²) < 4.78 is 0. The van der Waals surface area contributed by atoms with Crippen molar-refractivity contribution in [3.05, 3.63) is 47.4 Å². The number of phenols is 2. The van der Waals surface area contributed by atoms with E-state index in [0.29, 0.717) is 21.5 Å². The Labute approximate surface area is 102 Å². The van der Waals surface area contributed by atoms with Gasteiger partial charge in [0.15, 0.2) is 4.98 Å². The van der Waals surface area contributed by atoms with Crippen LogP contribution in [0.2, 0.25) is 0 Å². The Morgan fingerprint density at radius 2 is 1.39 bits per heavy atom. The van der Waals surface area contributed by atoms with Gasteiger partial charge >= 0.3 is 5.69 Å². The fourth-order valence-corrected chi connectivity index (χ4v) is 2.25. The highest BCUT2D eigenvalue weighted by Gasteiger charge is 2.20. The average molecular weight is 237 g/mol. The van der Waals surface area contributed by atoms with Crippen molar-refractivity contribution >= 4 is 27.2 Å². The van der Waals surface area contributed by atoms with E-state index in [0.717, 1.165) is 0 Å². The van der Waals surface area contributed by atoms with Crippen LogP contribution >= 0.6 is 0 Å². The van der Waals surface area contributed by atoms with Crippen molar-refractivity contribution in [2.75, 3.05) is 0 Å². The van der Waals surface area contributed by atoms with Gasteiger partial charge in [-0.3, -0.25) is 0 Å². The third kappa shape index (κ3) is 1.22. The zero-order chi connectivity index (χ0) is 12.7. The molecular weight excluding hydrogens is 228 g/mol. The molecule has 0 aromatic heterocycles. The lowest BCUT2D eigenvalue weighted by Crippen LogP contribution is -1.81. The second-order valence-electron chi connectivity index (χ2n) is 4.04. The minimum Gasteiger partial charge on any atom is -0.507 e. The lowest BCUT2D eigenvalue weighted by molar-refractivity contribution is 0.478. The molecular formula is C14H9N2O2+. The highest BCUT2D eigenvalue weighted by atomic mass is 16.3. The summed E-state index contributed by atoms with van der Waals surface area (Å²) in [5.74, 6) is 0.0794. The van der Waals surface area contributed by atoms with Crippen molar-refractivity contribution < 1.29 is 10.2 Å². The van der Waals surface area contributed by atoms with Crippen LogP contribution in [0, 0.1) is 5.39 Å². The smallest absolute Gasteiger partial charge is 0.396 e. The lowest BCUT2D eigenvalue weighted by atomic mass is 10.00. The quantitative estimate of drug-likeness (QED) is 0.354. The van der Waals surface area contributed by atoms with Gasteiger partial charge in [0.25, 0.3) is 0 Å². The van der Waals surface area contributed by atoms with Crippen molar-refractivity contribution in [3.63, 3.8) is 0 Å². The van der Waals surface area contributed by atoms with Crippen LogP contribution in [0.1, 0.15) is 0 Å². The summed E-state index contributed by atoms with van der Waals surface area (Å²) in [6.45, 7) is 0. The number of rotatable bonds is 0. The van der Waals surface area contributed by atoms with E-state index in [1.807, 2.05) is 0 Å². The molecule has 0 aliphatic carbocycles. The van der Waals surface area contributed by atoms with Crippen LogP contribution in [0.5, 0.6) is 11.5 Å². The number of hydrogen-bond donors (Lipinski definition) is 2. The molecule has 86 valence electrons. The van der Waals surface area contributed by atoms with E-state index in [2.05, 4.69) is 4.98 Å². The molecule has 3 aromatic rings. The number of nitrogens with zero attached hydrogens (tertiary/aromatic N) is 2. The van der Waals surface area contributed by atoms with Gasteiger partial charge in [-0.15, -0.1) is 0 Å². The normalized spacial score (nSPS) is 10.6. The molecule has 3 aromatic carbocycles. The molecule has 18 heavy (non-hydrogen) atoms. The topological polar surface area (TPSA) is 68.6 Å². The second kappa shape index (κ2) is 3.60. The summed E-state index contributed by atoms with van der Waals surface area (Å²) >= 11 is 0.